The van der Waals surface area contributed by atoms with Crippen molar-refractivity contribution in [3.05, 3.63) is 82.3 Å². The number of nitrogens with two attached hydrogens (primary N) is 1. The standard InChI is InChI=1S/C24H23N7O6S/c1-2-37-22(32)19-15-28-23(30-21(19)16-4-7-18(8-5-16)38(25,35)36)26-13-11-24(10-3-12-29-24)20-9-6-17(14-27-20)31(33)34/h3-10,12,14-15H,2,11,13H2,1H3,(H2,25,35,36)(H,26,28,30). The van der Waals surface area contributed by atoms with Gasteiger partial charge >= 0.3 is 5.97 Å². The molecule has 14 heteroatoms. The summed E-state index contributed by atoms with van der Waals surface area (Å²) in [5.74, 6) is -0.417. The van der Waals surface area contributed by atoms with Crippen molar-refractivity contribution in [2.24, 2.45) is 10.1 Å². The number of nitrogens with one attached hydrogen (secondary N) is 1. The SMILES string of the molecule is CCOC(=O)c1cnc(NCCC2(c3ccc([N+](=O)[O-])cn3)C=CC=N2)nc1-c1ccc(S(N)(=O)=O)cc1. The Kier molecular flexibility index (Phi) is 7.55. The largest absolute Gasteiger partial charge is 0.462 e. The van der Waals surface area contributed by atoms with Gasteiger partial charge in [0.2, 0.25) is 16.0 Å². The van der Waals surface area contributed by atoms with Crippen LogP contribution in [0.3, 0.4) is 0 Å². The molecule has 3 heterocycles. The third kappa shape index (κ3) is 5.71. The molecule has 1 aliphatic heterocycles. The van der Waals surface area contributed by atoms with Gasteiger partial charge in [-0.05, 0) is 43.7 Å². The molecular formula is C24H23N7O6S. The smallest absolute Gasteiger partial charge is 0.341 e. The molecule has 1 atom stereocenters. The summed E-state index contributed by atoms with van der Waals surface area (Å²) < 4.78 is 28.3. The van der Waals surface area contributed by atoms with Crippen molar-refractivity contribution in [3.63, 3.8) is 0 Å². The van der Waals surface area contributed by atoms with Crippen LogP contribution in [0, 0.1) is 10.1 Å². The monoisotopic (exact) mass is 537 g/mol. The average molecular weight is 538 g/mol. The van der Waals surface area contributed by atoms with Gasteiger partial charge in [-0.15, -0.1) is 0 Å². The quantitative estimate of drug-likeness (QED) is 0.220. The number of sulfonamides is 1. The van der Waals surface area contributed by atoms with Gasteiger partial charge in [0.25, 0.3) is 5.69 Å². The molecule has 3 N–H and O–H groups in total. The Morgan fingerprint density at radius 2 is 1.92 bits per heavy atom. The number of pyridine rings is 1. The molecule has 0 radical (unpaired) electrons. The Bertz CT molecular complexity index is 1510. The molecule has 0 fully saturated rings. The molecule has 1 aromatic carbocycles. The fourth-order valence-electron chi connectivity index (χ4n) is 3.81. The first kappa shape index (κ1) is 26.5. The van der Waals surface area contributed by atoms with E-state index >= 15 is 0 Å². The summed E-state index contributed by atoms with van der Waals surface area (Å²) in [6.45, 7) is 2.16. The van der Waals surface area contributed by atoms with Gasteiger partial charge in [-0.25, -0.2) is 28.3 Å². The summed E-state index contributed by atoms with van der Waals surface area (Å²) in [7, 11) is -3.89. The van der Waals surface area contributed by atoms with Crippen LogP contribution in [0.5, 0.6) is 0 Å². The van der Waals surface area contributed by atoms with Gasteiger partial charge in [-0.1, -0.05) is 12.1 Å². The van der Waals surface area contributed by atoms with Crippen molar-refractivity contribution in [3.8, 4) is 11.3 Å². The number of aliphatic imine (C=N–C) groups is 1. The summed E-state index contributed by atoms with van der Waals surface area (Å²) in [5, 5.41) is 19.3. The van der Waals surface area contributed by atoms with Crippen molar-refractivity contribution in [1.29, 1.82) is 0 Å². The highest BCUT2D eigenvalue weighted by Crippen LogP contribution is 2.33. The van der Waals surface area contributed by atoms with Crippen molar-refractivity contribution >= 4 is 33.8 Å². The number of benzene rings is 1. The molecule has 0 aliphatic carbocycles. The van der Waals surface area contributed by atoms with Crippen LogP contribution in [0.25, 0.3) is 11.3 Å². The zero-order chi connectivity index (χ0) is 27.3. The maximum Gasteiger partial charge on any atom is 0.341 e. The lowest BCUT2D eigenvalue weighted by Gasteiger charge is -2.23. The molecule has 0 bridgehead atoms. The van der Waals surface area contributed by atoms with Crippen molar-refractivity contribution in [2.75, 3.05) is 18.5 Å². The third-order valence-electron chi connectivity index (χ3n) is 5.69. The number of aromatic nitrogens is 3. The van der Waals surface area contributed by atoms with E-state index in [4.69, 9.17) is 9.88 Å². The van der Waals surface area contributed by atoms with Gasteiger partial charge in [-0.3, -0.25) is 20.1 Å². The number of anilines is 1. The highest BCUT2D eigenvalue weighted by Gasteiger charge is 2.32. The summed E-state index contributed by atoms with van der Waals surface area (Å²) in [4.78, 5) is 40.4. The van der Waals surface area contributed by atoms with Gasteiger partial charge in [0.1, 0.15) is 17.3 Å². The van der Waals surface area contributed by atoms with E-state index in [-0.39, 0.29) is 34.4 Å². The number of rotatable bonds is 10. The number of nitrogens with zero attached hydrogens (tertiary/aromatic N) is 5. The number of hydrogen-bond acceptors (Lipinski definition) is 11. The van der Waals surface area contributed by atoms with E-state index in [1.807, 2.05) is 6.08 Å². The first-order chi connectivity index (χ1) is 18.1. The number of ether oxygens (including phenoxy) is 1. The van der Waals surface area contributed by atoms with E-state index in [0.717, 1.165) is 0 Å². The minimum Gasteiger partial charge on any atom is -0.462 e. The van der Waals surface area contributed by atoms with Crippen LogP contribution in [0.1, 0.15) is 29.4 Å². The second kappa shape index (κ2) is 10.8. The average Bonchev–Trinajstić information content (AvgIpc) is 3.38. The van der Waals surface area contributed by atoms with Gasteiger partial charge in [0.05, 0.1) is 27.8 Å². The molecule has 1 unspecified atom stereocenters. The molecule has 13 nitrogen and oxygen atoms in total. The zero-order valence-corrected chi connectivity index (χ0v) is 21.0. The Morgan fingerprint density at radius 3 is 2.50 bits per heavy atom. The number of carbonyl (C=O) groups excluding carboxylic acids is 1. The van der Waals surface area contributed by atoms with Crippen molar-refractivity contribution in [1.82, 2.24) is 15.0 Å². The van der Waals surface area contributed by atoms with Crippen LogP contribution in [0.4, 0.5) is 11.6 Å². The zero-order valence-electron chi connectivity index (χ0n) is 20.1. The normalized spacial score (nSPS) is 16.4. The van der Waals surface area contributed by atoms with Gasteiger partial charge in [0, 0.05) is 30.6 Å². The number of hydrogen-bond donors (Lipinski definition) is 2. The van der Waals surface area contributed by atoms with E-state index in [0.29, 0.717) is 24.2 Å². The van der Waals surface area contributed by atoms with Crippen LogP contribution in [0.15, 0.2) is 70.8 Å². The molecule has 4 rings (SSSR count). The van der Waals surface area contributed by atoms with Crippen molar-refractivity contribution in [2.45, 2.75) is 23.8 Å². The van der Waals surface area contributed by atoms with E-state index < -0.39 is 26.5 Å². The summed E-state index contributed by atoms with van der Waals surface area (Å²) >= 11 is 0. The van der Waals surface area contributed by atoms with Crippen LogP contribution in [-0.4, -0.2) is 53.6 Å². The molecule has 1 aliphatic rings. The first-order valence-corrected chi connectivity index (χ1v) is 12.9. The number of carbonyl (C=O) groups is 1. The van der Waals surface area contributed by atoms with Gasteiger partial charge < -0.3 is 10.1 Å². The van der Waals surface area contributed by atoms with Crippen LogP contribution >= 0.6 is 0 Å². The summed E-state index contributed by atoms with van der Waals surface area (Å²) in [6, 6.07) is 8.56. The lowest BCUT2D eigenvalue weighted by atomic mass is 9.92. The highest BCUT2D eigenvalue weighted by atomic mass is 32.2. The number of nitro groups is 1. The molecule has 196 valence electrons. The Balaban J connectivity index is 1.57. The maximum absolute atomic E-state index is 12.5. The molecule has 38 heavy (non-hydrogen) atoms. The lowest BCUT2D eigenvalue weighted by Crippen LogP contribution is -2.25. The molecule has 3 aromatic rings. The first-order valence-electron chi connectivity index (χ1n) is 11.4. The van der Waals surface area contributed by atoms with Crippen LogP contribution < -0.4 is 10.5 Å². The molecule has 0 spiro atoms. The number of esters is 1. The topological polar surface area (TPSA) is 193 Å². The summed E-state index contributed by atoms with van der Waals surface area (Å²) in [6.07, 6.45) is 8.21. The number of primary sulfonamides is 1. The van der Waals surface area contributed by atoms with E-state index in [1.54, 1.807) is 25.3 Å². The van der Waals surface area contributed by atoms with Gasteiger partial charge in [-0.2, -0.15) is 0 Å². The molecule has 2 aromatic heterocycles. The molecule has 0 amide bonds. The highest BCUT2D eigenvalue weighted by molar-refractivity contribution is 7.89. The Hall–Kier alpha value is -4.56. The minimum absolute atomic E-state index is 0.0818. The predicted octanol–water partition coefficient (Wildman–Crippen LogP) is 2.61. The van der Waals surface area contributed by atoms with E-state index in [1.165, 1.54) is 42.7 Å². The van der Waals surface area contributed by atoms with E-state index in [2.05, 4.69) is 25.3 Å². The predicted molar refractivity (Wildman–Crippen MR) is 138 cm³/mol. The number of allylic oxidation sites excluding steroid dienone is 1. The van der Waals surface area contributed by atoms with Gasteiger partial charge in [0.15, 0.2) is 0 Å². The Labute approximate surface area is 217 Å². The van der Waals surface area contributed by atoms with Crippen LogP contribution in [-0.2, 0) is 20.3 Å². The molecule has 0 saturated heterocycles. The molecule has 0 saturated carbocycles. The minimum atomic E-state index is -3.89. The van der Waals surface area contributed by atoms with E-state index in [9.17, 15) is 23.3 Å². The maximum atomic E-state index is 12.5. The summed E-state index contributed by atoms with van der Waals surface area (Å²) in [5.41, 5.74) is 0.417. The van der Waals surface area contributed by atoms with Crippen molar-refractivity contribution < 1.29 is 22.9 Å². The van der Waals surface area contributed by atoms with Crippen LogP contribution in [0.2, 0.25) is 0 Å². The fourth-order valence-corrected chi connectivity index (χ4v) is 4.33. The second-order valence-corrected chi connectivity index (χ2v) is 9.70. The molecular weight excluding hydrogens is 514 g/mol. The fraction of sp³-hybridized carbons (Fsp3) is 0.208. The third-order valence-corrected chi connectivity index (χ3v) is 6.62. The second-order valence-electron chi connectivity index (χ2n) is 8.14. The Morgan fingerprint density at radius 1 is 1.16 bits per heavy atom. The lowest BCUT2D eigenvalue weighted by molar-refractivity contribution is -0.385.